The number of hydrogen-bond donors (Lipinski definition) is 1. The predicted molar refractivity (Wildman–Crippen MR) is 155 cm³/mol. The first-order valence-corrected chi connectivity index (χ1v) is 13.0. The molecule has 0 radical (unpaired) electrons. The molecular formula is C33H30N2O5. The largest absolute Gasteiger partial charge is 0.496 e. The van der Waals surface area contributed by atoms with Crippen LogP contribution >= 0.6 is 0 Å². The second-order valence-corrected chi connectivity index (χ2v) is 9.19. The third kappa shape index (κ3) is 5.99. The predicted octanol–water partition coefficient (Wildman–Crippen LogP) is 7.32. The van der Waals surface area contributed by atoms with Crippen LogP contribution in [0.2, 0.25) is 0 Å². The van der Waals surface area contributed by atoms with Gasteiger partial charge in [0.2, 0.25) is 5.89 Å². The normalized spacial score (nSPS) is 10.8. The van der Waals surface area contributed by atoms with Crippen LogP contribution in [0.4, 0.5) is 11.4 Å². The van der Waals surface area contributed by atoms with Gasteiger partial charge in [-0.1, -0.05) is 42.5 Å². The Labute approximate surface area is 233 Å². The van der Waals surface area contributed by atoms with Crippen molar-refractivity contribution in [1.29, 1.82) is 0 Å². The smallest absolute Gasteiger partial charge is 0.336 e. The first-order chi connectivity index (χ1) is 19.5. The molecule has 4 aromatic carbocycles. The van der Waals surface area contributed by atoms with E-state index in [0.717, 1.165) is 34.1 Å². The Morgan fingerprint density at radius 2 is 1.55 bits per heavy atom. The van der Waals surface area contributed by atoms with Crippen molar-refractivity contribution in [2.45, 2.75) is 19.9 Å². The molecule has 0 spiro atoms. The number of anilines is 2. The summed E-state index contributed by atoms with van der Waals surface area (Å²) in [6, 6.07) is 32.5. The van der Waals surface area contributed by atoms with E-state index in [9.17, 15) is 9.90 Å². The van der Waals surface area contributed by atoms with Crippen molar-refractivity contribution in [2.24, 2.45) is 0 Å². The molecule has 0 aliphatic carbocycles. The van der Waals surface area contributed by atoms with Gasteiger partial charge in [0.1, 0.15) is 17.3 Å². The van der Waals surface area contributed by atoms with Crippen LogP contribution in [0.5, 0.6) is 11.5 Å². The molecule has 1 N–H and O–H groups in total. The highest BCUT2D eigenvalue weighted by molar-refractivity contribution is 5.90. The van der Waals surface area contributed by atoms with Crippen molar-refractivity contribution in [3.05, 3.63) is 126 Å². The van der Waals surface area contributed by atoms with Crippen LogP contribution < -0.4 is 14.4 Å². The average Bonchev–Trinajstić information content (AvgIpc) is 3.37. The monoisotopic (exact) mass is 534 g/mol. The third-order valence-corrected chi connectivity index (χ3v) is 6.64. The summed E-state index contributed by atoms with van der Waals surface area (Å²) in [5, 5.41) is 9.82. The first kappa shape index (κ1) is 26.6. The summed E-state index contributed by atoms with van der Waals surface area (Å²) >= 11 is 0. The second kappa shape index (κ2) is 12.2. The van der Waals surface area contributed by atoms with Crippen molar-refractivity contribution in [3.63, 3.8) is 0 Å². The Kier molecular flexibility index (Phi) is 8.11. The molecule has 0 bridgehead atoms. The number of hydrogen-bond acceptors (Lipinski definition) is 6. The van der Waals surface area contributed by atoms with Gasteiger partial charge in [-0.05, 0) is 67.6 Å². The van der Waals surface area contributed by atoms with E-state index in [1.54, 1.807) is 25.3 Å². The lowest BCUT2D eigenvalue weighted by Crippen LogP contribution is -2.19. The third-order valence-electron chi connectivity index (χ3n) is 6.64. The highest BCUT2D eigenvalue weighted by atomic mass is 16.5. The highest BCUT2D eigenvalue weighted by Crippen LogP contribution is 2.33. The zero-order chi connectivity index (χ0) is 27.9. The molecule has 0 unspecified atom stereocenters. The number of para-hydroxylation sites is 1. The molecule has 0 atom stereocenters. The van der Waals surface area contributed by atoms with E-state index in [2.05, 4.69) is 9.88 Å². The lowest BCUT2D eigenvalue weighted by atomic mass is 10.0. The summed E-state index contributed by atoms with van der Waals surface area (Å²) in [4.78, 5) is 18.7. The number of benzene rings is 4. The average molecular weight is 535 g/mol. The molecule has 1 heterocycles. The van der Waals surface area contributed by atoms with Crippen LogP contribution in [0.3, 0.4) is 0 Å². The van der Waals surface area contributed by atoms with E-state index in [1.807, 2.05) is 91.9 Å². The van der Waals surface area contributed by atoms with Crippen LogP contribution in [0, 0.1) is 6.92 Å². The summed E-state index contributed by atoms with van der Waals surface area (Å²) in [6.45, 7) is 2.68. The highest BCUT2D eigenvalue weighted by Gasteiger charge is 2.20. The summed E-state index contributed by atoms with van der Waals surface area (Å²) in [6.07, 6.45) is 0.617. The number of carbonyl (C=O) groups is 1. The molecule has 202 valence electrons. The Bertz CT molecular complexity index is 1560. The van der Waals surface area contributed by atoms with Gasteiger partial charge in [-0.25, -0.2) is 9.78 Å². The molecule has 0 saturated carbocycles. The molecule has 0 amide bonds. The van der Waals surface area contributed by atoms with E-state index in [4.69, 9.17) is 13.9 Å². The lowest BCUT2D eigenvalue weighted by molar-refractivity contribution is 0.0695. The van der Waals surface area contributed by atoms with Crippen LogP contribution in [-0.2, 0) is 13.0 Å². The Morgan fingerprint density at radius 1 is 0.875 bits per heavy atom. The van der Waals surface area contributed by atoms with Crippen molar-refractivity contribution >= 4 is 17.3 Å². The van der Waals surface area contributed by atoms with Crippen LogP contribution in [0.25, 0.3) is 11.5 Å². The fourth-order valence-electron chi connectivity index (χ4n) is 4.57. The maximum atomic E-state index is 12.0. The fraction of sp³-hybridized carbons (Fsp3) is 0.152. The van der Waals surface area contributed by atoms with Gasteiger partial charge in [-0.3, -0.25) is 0 Å². The van der Waals surface area contributed by atoms with Gasteiger partial charge in [0, 0.05) is 28.9 Å². The zero-order valence-electron chi connectivity index (χ0n) is 22.4. The minimum absolute atomic E-state index is 0.207. The van der Waals surface area contributed by atoms with Crippen LogP contribution in [-0.4, -0.2) is 29.8 Å². The Morgan fingerprint density at radius 3 is 2.23 bits per heavy atom. The summed E-state index contributed by atoms with van der Waals surface area (Å²) in [5.74, 6) is 1.65. The minimum atomic E-state index is -0.996. The zero-order valence-corrected chi connectivity index (χ0v) is 22.4. The topological polar surface area (TPSA) is 85.0 Å². The number of carboxylic acids is 1. The van der Waals surface area contributed by atoms with Gasteiger partial charge in [0.25, 0.3) is 0 Å². The van der Waals surface area contributed by atoms with Gasteiger partial charge in [-0.2, -0.15) is 0 Å². The Balaban J connectivity index is 1.32. The fourth-order valence-corrected chi connectivity index (χ4v) is 4.57. The van der Waals surface area contributed by atoms with E-state index in [0.29, 0.717) is 36.8 Å². The number of oxazole rings is 1. The van der Waals surface area contributed by atoms with Crippen LogP contribution in [0.15, 0.2) is 108 Å². The molecule has 1 aromatic heterocycles. The second-order valence-electron chi connectivity index (χ2n) is 9.19. The van der Waals surface area contributed by atoms with E-state index < -0.39 is 5.97 Å². The molecule has 40 heavy (non-hydrogen) atoms. The minimum Gasteiger partial charge on any atom is -0.496 e. The number of methoxy groups -OCH3 is 1. The van der Waals surface area contributed by atoms with Gasteiger partial charge < -0.3 is 23.9 Å². The number of aryl methyl sites for hydroxylation is 1. The van der Waals surface area contributed by atoms with Crippen molar-refractivity contribution < 1.29 is 23.8 Å². The van der Waals surface area contributed by atoms with Gasteiger partial charge in [0.15, 0.2) is 0 Å². The molecule has 0 fully saturated rings. The maximum Gasteiger partial charge on any atom is 0.336 e. The van der Waals surface area contributed by atoms with Gasteiger partial charge in [-0.15, -0.1) is 0 Å². The van der Waals surface area contributed by atoms with Crippen molar-refractivity contribution in [3.8, 4) is 23.0 Å². The standard InChI is InChI=1S/C33H30N2O5/c1-23-30(34-32(40-23)24-10-5-3-6-11-24)20-21-39-27-18-16-26(17-19-27)35(25-12-7-4-8-13-25)22-29-28(33(36)37)14-9-15-31(29)38-2/h3-19H,20-22H2,1-2H3,(H,36,37). The number of ether oxygens (including phenoxy) is 2. The van der Waals surface area contributed by atoms with E-state index in [-0.39, 0.29) is 5.56 Å². The summed E-state index contributed by atoms with van der Waals surface area (Å²) in [7, 11) is 1.55. The first-order valence-electron chi connectivity index (χ1n) is 13.0. The molecule has 5 aromatic rings. The lowest BCUT2D eigenvalue weighted by Gasteiger charge is -2.27. The molecule has 0 aliphatic rings. The van der Waals surface area contributed by atoms with Gasteiger partial charge >= 0.3 is 5.97 Å². The molecule has 0 aliphatic heterocycles. The van der Waals surface area contributed by atoms with Crippen LogP contribution in [0.1, 0.15) is 27.4 Å². The van der Waals surface area contributed by atoms with E-state index >= 15 is 0 Å². The number of rotatable bonds is 11. The molecule has 5 rings (SSSR count). The molecule has 0 saturated heterocycles. The van der Waals surface area contributed by atoms with Gasteiger partial charge in [0.05, 0.1) is 31.5 Å². The summed E-state index contributed by atoms with van der Waals surface area (Å²) in [5.41, 5.74) is 4.44. The van der Waals surface area contributed by atoms with Crippen molar-refractivity contribution in [1.82, 2.24) is 4.98 Å². The molecule has 7 heteroatoms. The molecule has 7 nitrogen and oxygen atoms in total. The quantitative estimate of drug-likeness (QED) is 0.190. The van der Waals surface area contributed by atoms with Crippen molar-refractivity contribution in [2.75, 3.05) is 18.6 Å². The SMILES string of the molecule is COc1cccc(C(=O)O)c1CN(c1ccccc1)c1ccc(OCCc2nc(-c3ccccc3)oc2C)cc1. The Hall–Kier alpha value is -5.04. The number of aromatic carboxylic acids is 1. The number of carboxylic acid groups (broad SMARTS) is 1. The number of nitrogens with zero attached hydrogens (tertiary/aromatic N) is 2. The molecular weight excluding hydrogens is 504 g/mol. The summed E-state index contributed by atoms with van der Waals surface area (Å²) < 4.78 is 17.4. The maximum absolute atomic E-state index is 12.0. The number of aromatic nitrogens is 1. The van der Waals surface area contributed by atoms with E-state index in [1.165, 1.54) is 0 Å².